The molecule has 1 amide bonds. The standard InChI is InChI=1S/C9H10O.CH3NO/c1-2-5-8-6-3-4-7-9(8)10;2-1-3/h2-4,6-7,10H,1,5H2;1H,(H2,2,3). The van der Waals surface area contributed by atoms with E-state index in [1.54, 1.807) is 12.1 Å². The van der Waals surface area contributed by atoms with E-state index >= 15 is 0 Å². The number of para-hydroxylation sites is 1. The lowest BCUT2D eigenvalue weighted by atomic mass is 10.1. The molecule has 0 fully saturated rings. The molecule has 0 heterocycles. The number of carbonyl (C=O) groups is 1. The van der Waals surface area contributed by atoms with E-state index in [-0.39, 0.29) is 6.41 Å². The molecule has 13 heavy (non-hydrogen) atoms. The number of primary amides is 1. The number of phenols is 1. The van der Waals surface area contributed by atoms with Crippen LogP contribution in [0.2, 0.25) is 0 Å². The maximum atomic E-state index is 9.19. The van der Waals surface area contributed by atoms with Crippen LogP contribution in [0.5, 0.6) is 5.75 Å². The Kier molecular flexibility index (Phi) is 5.97. The van der Waals surface area contributed by atoms with Crippen molar-refractivity contribution in [1.82, 2.24) is 0 Å². The number of nitrogens with two attached hydrogens (primary N) is 1. The predicted molar refractivity (Wildman–Crippen MR) is 52.3 cm³/mol. The summed E-state index contributed by atoms with van der Waals surface area (Å²) in [6.45, 7) is 3.59. The van der Waals surface area contributed by atoms with Gasteiger partial charge in [0.1, 0.15) is 5.75 Å². The van der Waals surface area contributed by atoms with Gasteiger partial charge in [-0.3, -0.25) is 4.79 Å². The van der Waals surface area contributed by atoms with E-state index in [0.717, 1.165) is 12.0 Å². The molecule has 1 aromatic rings. The van der Waals surface area contributed by atoms with E-state index in [1.807, 2.05) is 18.2 Å². The SMILES string of the molecule is C=CCc1ccccc1O.NC=O. The van der Waals surface area contributed by atoms with Crippen LogP contribution in [-0.2, 0) is 11.2 Å². The number of carbonyl (C=O) groups excluding carboxylic acids is 1. The fraction of sp³-hybridized carbons (Fsp3) is 0.100. The quantitative estimate of drug-likeness (QED) is 0.529. The summed E-state index contributed by atoms with van der Waals surface area (Å²) in [5, 5.41) is 9.19. The second kappa shape index (κ2) is 6.91. The van der Waals surface area contributed by atoms with Gasteiger partial charge in [-0.15, -0.1) is 6.58 Å². The van der Waals surface area contributed by atoms with E-state index in [1.165, 1.54) is 0 Å². The summed E-state index contributed by atoms with van der Waals surface area (Å²) in [5.74, 6) is 0.349. The van der Waals surface area contributed by atoms with Crippen LogP contribution in [0.3, 0.4) is 0 Å². The van der Waals surface area contributed by atoms with Crippen molar-refractivity contribution in [3.05, 3.63) is 42.5 Å². The lowest BCUT2D eigenvalue weighted by molar-refractivity contribution is -0.106. The molecule has 0 aliphatic rings. The van der Waals surface area contributed by atoms with Crippen molar-refractivity contribution in [2.75, 3.05) is 0 Å². The molecular formula is C10H13NO2. The highest BCUT2D eigenvalue weighted by molar-refractivity contribution is 5.42. The van der Waals surface area contributed by atoms with Crippen LogP contribution < -0.4 is 5.73 Å². The zero-order valence-corrected chi connectivity index (χ0v) is 7.31. The lowest BCUT2D eigenvalue weighted by Gasteiger charge is -1.97. The molecule has 0 bridgehead atoms. The second-order valence-corrected chi connectivity index (χ2v) is 2.26. The molecule has 70 valence electrons. The van der Waals surface area contributed by atoms with Crippen molar-refractivity contribution in [3.8, 4) is 5.75 Å². The van der Waals surface area contributed by atoms with E-state index in [4.69, 9.17) is 4.79 Å². The predicted octanol–water partition coefficient (Wildman–Crippen LogP) is 1.22. The van der Waals surface area contributed by atoms with Crippen LogP contribution in [0.25, 0.3) is 0 Å². The van der Waals surface area contributed by atoms with Gasteiger partial charge >= 0.3 is 0 Å². The Hall–Kier alpha value is -1.77. The molecule has 0 spiro atoms. The Morgan fingerprint density at radius 2 is 2.00 bits per heavy atom. The Bertz CT molecular complexity index is 271. The Morgan fingerprint density at radius 1 is 1.46 bits per heavy atom. The summed E-state index contributed by atoms with van der Waals surface area (Å²) in [6.07, 6.45) is 2.75. The highest BCUT2D eigenvalue weighted by Gasteiger charge is 1.93. The smallest absolute Gasteiger partial charge is 0.204 e. The van der Waals surface area contributed by atoms with Gasteiger partial charge in [0.2, 0.25) is 6.41 Å². The van der Waals surface area contributed by atoms with Crippen LogP contribution in [-0.4, -0.2) is 11.5 Å². The second-order valence-electron chi connectivity index (χ2n) is 2.26. The van der Waals surface area contributed by atoms with E-state index in [2.05, 4.69) is 12.3 Å². The van der Waals surface area contributed by atoms with Crippen molar-refractivity contribution in [2.24, 2.45) is 5.73 Å². The molecule has 3 nitrogen and oxygen atoms in total. The number of rotatable bonds is 2. The van der Waals surface area contributed by atoms with Crippen LogP contribution in [0, 0.1) is 0 Å². The van der Waals surface area contributed by atoms with Gasteiger partial charge in [-0.05, 0) is 18.1 Å². The monoisotopic (exact) mass is 179 g/mol. The number of hydrogen-bond acceptors (Lipinski definition) is 2. The lowest BCUT2D eigenvalue weighted by Crippen LogP contribution is -1.82. The minimum atomic E-state index is 0.250. The summed E-state index contributed by atoms with van der Waals surface area (Å²) < 4.78 is 0. The maximum absolute atomic E-state index is 9.19. The largest absolute Gasteiger partial charge is 0.508 e. The number of benzene rings is 1. The number of amides is 1. The van der Waals surface area contributed by atoms with Crippen LogP contribution >= 0.6 is 0 Å². The average Bonchev–Trinajstić information content (AvgIpc) is 2.11. The molecule has 0 aliphatic carbocycles. The highest BCUT2D eigenvalue weighted by Crippen LogP contribution is 2.15. The van der Waals surface area contributed by atoms with Crippen molar-refractivity contribution < 1.29 is 9.90 Å². The molecule has 0 saturated carbocycles. The van der Waals surface area contributed by atoms with Gasteiger partial charge in [0, 0.05) is 0 Å². The van der Waals surface area contributed by atoms with E-state index < -0.39 is 0 Å². The zero-order valence-electron chi connectivity index (χ0n) is 7.31. The highest BCUT2D eigenvalue weighted by atomic mass is 16.3. The number of allylic oxidation sites excluding steroid dienone is 1. The van der Waals surface area contributed by atoms with Crippen LogP contribution in [0.4, 0.5) is 0 Å². The van der Waals surface area contributed by atoms with Gasteiger partial charge in [0.25, 0.3) is 0 Å². The molecule has 0 atom stereocenters. The molecule has 3 N–H and O–H groups in total. The average molecular weight is 179 g/mol. The molecular weight excluding hydrogens is 166 g/mol. The summed E-state index contributed by atoms with van der Waals surface area (Å²) >= 11 is 0. The fourth-order valence-corrected chi connectivity index (χ4v) is 0.839. The minimum Gasteiger partial charge on any atom is -0.508 e. The Labute approximate surface area is 77.5 Å². The molecule has 0 radical (unpaired) electrons. The third-order valence-electron chi connectivity index (χ3n) is 1.36. The van der Waals surface area contributed by atoms with Crippen LogP contribution in [0.15, 0.2) is 36.9 Å². The summed E-state index contributed by atoms with van der Waals surface area (Å²) in [7, 11) is 0. The van der Waals surface area contributed by atoms with Gasteiger partial charge in [-0.1, -0.05) is 24.3 Å². The van der Waals surface area contributed by atoms with Gasteiger partial charge in [0.15, 0.2) is 0 Å². The molecule has 0 aromatic heterocycles. The van der Waals surface area contributed by atoms with Gasteiger partial charge in [0.05, 0.1) is 0 Å². The van der Waals surface area contributed by atoms with Crippen molar-refractivity contribution in [2.45, 2.75) is 6.42 Å². The third kappa shape index (κ3) is 4.63. The number of hydrogen-bond donors (Lipinski definition) is 2. The first-order valence-corrected chi connectivity index (χ1v) is 3.79. The normalized spacial score (nSPS) is 8.00. The molecule has 3 heteroatoms. The first kappa shape index (κ1) is 11.2. The van der Waals surface area contributed by atoms with Crippen LogP contribution in [0.1, 0.15) is 5.56 Å². The summed E-state index contributed by atoms with van der Waals surface area (Å²) in [5.41, 5.74) is 5.09. The van der Waals surface area contributed by atoms with E-state index in [9.17, 15) is 5.11 Å². The summed E-state index contributed by atoms with van der Waals surface area (Å²) in [6, 6.07) is 7.27. The Morgan fingerprint density at radius 3 is 2.46 bits per heavy atom. The zero-order chi connectivity index (χ0) is 10.1. The van der Waals surface area contributed by atoms with Crippen molar-refractivity contribution in [3.63, 3.8) is 0 Å². The first-order chi connectivity index (χ1) is 6.26. The van der Waals surface area contributed by atoms with Crippen molar-refractivity contribution in [1.29, 1.82) is 0 Å². The third-order valence-corrected chi connectivity index (χ3v) is 1.36. The van der Waals surface area contributed by atoms with Gasteiger partial charge in [-0.25, -0.2) is 0 Å². The Balaban J connectivity index is 0.000000424. The first-order valence-electron chi connectivity index (χ1n) is 3.79. The molecule has 1 rings (SSSR count). The van der Waals surface area contributed by atoms with Gasteiger partial charge in [-0.2, -0.15) is 0 Å². The molecule has 0 unspecified atom stereocenters. The summed E-state index contributed by atoms with van der Waals surface area (Å²) in [4.78, 5) is 8.58. The molecule has 0 aliphatic heterocycles. The topological polar surface area (TPSA) is 63.3 Å². The molecule has 0 saturated heterocycles. The maximum Gasteiger partial charge on any atom is 0.204 e. The van der Waals surface area contributed by atoms with E-state index in [0.29, 0.717) is 5.75 Å². The fourth-order valence-electron chi connectivity index (χ4n) is 0.839. The van der Waals surface area contributed by atoms with Gasteiger partial charge < -0.3 is 10.8 Å². The van der Waals surface area contributed by atoms with Crippen molar-refractivity contribution >= 4 is 6.41 Å². The minimum absolute atomic E-state index is 0.250. The number of phenolic OH excluding ortho intramolecular Hbond substituents is 1. The molecule has 1 aromatic carbocycles. The number of aromatic hydroxyl groups is 1.